The SMILES string of the molecule is CC(=O)Nc1ccc(-c2nnc(CCC3CC34CCN(CCC(C)(C)C)CC4)c(C)c2C)cc1. The van der Waals surface area contributed by atoms with Crippen LogP contribution in [0.5, 0.6) is 0 Å². The maximum Gasteiger partial charge on any atom is 0.221 e. The first-order valence-corrected chi connectivity index (χ1v) is 13.0. The van der Waals surface area contributed by atoms with Gasteiger partial charge in [0.05, 0.1) is 11.4 Å². The Bertz CT molecular complexity index is 1010. The number of hydrogen-bond donors (Lipinski definition) is 1. The molecule has 1 saturated heterocycles. The first-order valence-electron chi connectivity index (χ1n) is 13.0. The third kappa shape index (κ3) is 5.86. The molecule has 2 aromatic rings. The van der Waals surface area contributed by atoms with Crippen molar-refractivity contribution in [2.24, 2.45) is 16.7 Å². The van der Waals surface area contributed by atoms with Crippen LogP contribution in [-0.2, 0) is 11.2 Å². The van der Waals surface area contributed by atoms with Gasteiger partial charge in [0.25, 0.3) is 0 Å². The second-order valence-electron chi connectivity index (χ2n) is 12.0. The van der Waals surface area contributed by atoms with E-state index in [4.69, 9.17) is 0 Å². The number of amides is 1. The summed E-state index contributed by atoms with van der Waals surface area (Å²) >= 11 is 0. The standard InChI is InChI=1S/C29H42N4O/c1-20-21(2)27(23-7-10-25(11-8-23)30-22(3)34)32-31-26(20)12-9-24-19-29(24)14-17-33(18-15-29)16-13-28(4,5)6/h7-8,10-11,24H,9,12-19H2,1-6H3,(H,30,34). The first-order chi connectivity index (χ1) is 16.1. The van der Waals surface area contributed by atoms with Gasteiger partial charge in [-0.05, 0) is 112 Å². The molecule has 1 aliphatic heterocycles. The number of likely N-dealkylation sites (tertiary alicyclic amines) is 1. The van der Waals surface area contributed by atoms with E-state index in [0.717, 1.165) is 35.0 Å². The number of hydrogen-bond acceptors (Lipinski definition) is 4. The summed E-state index contributed by atoms with van der Waals surface area (Å²) in [6.07, 6.45) is 7.71. The third-order valence-corrected chi connectivity index (χ3v) is 8.22. The summed E-state index contributed by atoms with van der Waals surface area (Å²) in [6, 6.07) is 7.84. The van der Waals surface area contributed by atoms with Gasteiger partial charge < -0.3 is 10.2 Å². The van der Waals surface area contributed by atoms with E-state index >= 15 is 0 Å². The molecule has 1 unspecified atom stereocenters. The van der Waals surface area contributed by atoms with E-state index in [-0.39, 0.29) is 5.91 Å². The van der Waals surface area contributed by atoms with Crippen molar-refractivity contribution in [2.45, 2.75) is 80.1 Å². The van der Waals surface area contributed by atoms with Crippen molar-refractivity contribution < 1.29 is 4.79 Å². The lowest BCUT2D eigenvalue weighted by Gasteiger charge is -2.34. The van der Waals surface area contributed by atoms with Crippen molar-refractivity contribution >= 4 is 11.6 Å². The zero-order valence-electron chi connectivity index (χ0n) is 22.0. The summed E-state index contributed by atoms with van der Waals surface area (Å²) < 4.78 is 0. The van der Waals surface area contributed by atoms with E-state index in [2.05, 4.69) is 55.0 Å². The molecule has 5 nitrogen and oxygen atoms in total. The number of nitrogens with one attached hydrogen (secondary N) is 1. The number of anilines is 1. The molecule has 34 heavy (non-hydrogen) atoms. The normalized spacial score (nSPS) is 19.9. The van der Waals surface area contributed by atoms with Crippen LogP contribution in [0.15, 0.2) is 24.3 Å². The molecule has 1 aromatic heterocycles. The van der Waals surface area contributed by atoms with E-state index in [1.165, 1.54) is 69.8 Å². The Morgan fingerprint density at radius 1 is 1.09 bits per heavy atom. The Morgan fingerprint density at radius 2 is 1.76 bits per heavy atom. The maximum atomic E-state index is 11.3. The highest BCUT2D eigenvalue weighted by atomic mass is 16.1. The smallest absolute Gasteiger partial charge is 0.221 e. The minimum atomic E-state index is -0.0625. The highest BCUT2D eigenvalue weighted by molar-refractivity contribution is 5.89. The molecule has 1 aromatic carbocycles. The van der Waals surface area contributed by atoms with Crippen molar-refractivity contribution in [3.8, 4) is 11.3 Å². The zero-order chi connectivity index (χ0) is 24.5. The number of aryl methyl sites for hydroxylation is 1. The van der Waals surface area contributed by atoms with Gasteiger partial charge in [-0.1, -0.05) is 32.9 Å². The molecular weight excluding hydrogens is 420 g/mol. The summed E-state index contributed by atoms with van der Waals surface area (Å²) in [4.78, 5) is 13.9. The molecule has 1 amide bonds. The Balaban J connectivity index is 1.31. The number of nitrogens with zero attached hydrogens (tertiary/aromatic N) is 3. The molecule has 1 atom stereocenters. The van der Waals surface area contributed by atoms with Gasteiger partial charge in [0, 0.05) is 18.2 Å². The van der Waals surface area contributed by atoms with Crippen LogP contribution < -0.4 is 5.32 Å². The quantitative estimate of drug-likeness (QED) is 0.533. The predicted molar refractivity (Wildman–Crippen MR) is 140 cm³/mol. The molecule has 2 fully saturated rings. The molecule has 1 saturated carbocycles. The van der Waals surface area contributed by atoms with Crippen LogP contribution in [0.25, 0.3) is 11.3 Å². The van der Waals surface area contributed by atoms with Crippen LogP contribution in [0.4, 0.5) is 5.69 Å². The lowest BCUT2D eigenvalue weighted by atomic mass is 9.87. The molecule has 4 rings (SSSR count). The number of piperidine rings is 1. The minimum absolute atomic E-state index is 0.0625. The zero-order valence-corrected chi connectivity index (χ0v) is 22.0. The van der Waals surface area contributed by atoms with Crippen molar-refractivity contribution in [3.63, 3.8) is 0 Å². The summed E-state index contributed by atoms with van der Waals surface area (Å²) in [6.45, 7) is 16.7. The number of aromatic nitrogens is 2. The molecule has 2 heterocycles. The fourth-order valence-corrected chi connectivity index (χ4v) is 5.56. The van der Waals surface area contributed by atoms with Crippen molar-refractivity contribution in [3.05, 3.63) is 41.1 Å². The Labute approximate surface area is 205 Å². The average Bonchev–Trinajstić information content (AvgIpc) is 3.45. The van der Waals surface area contributed by atoms with Crippen molar-refractivity contribution in [1.82, 2.24) is 15.1 Å². The van der Waals surface area contributed by atoms with Gasteiger partial charge in [0.2, 0.25) is 5.91 Å². The van der Waals surface area contributed by atoms with Crippen LogP contribution >= 0.6 is 0 Å². The molecule has 1 N–H and O–H groups in total. The van der Waals surface area contributed by atoms with Crippen LogP contribution in [0.2, 0.25) is 0 Å². The molecule has 5 heteroatoms. The highest BCUT2D eigenvalue weighted by Crippen LogP contribution is 2.61. The maximum absolute atomic E-state index is 11.3. The monoisotopic (exact) mass is 462 g/mol. The molecule has 1 spiro atoms. The molecule has 0 bridgehead atoms. The van der Waals surface area contributed by atoms with E-state index in [1.807, 2.05) is 24.3 Å². The number of carbonyl (C=O) groups excluding carboxylic acids is 1. The largest absolute Gasteiger partial charge is 0.326 e. The molecule has 0 radical (unpaired) electrons. The molecule has 184 valence electrons. The van der Waals surface area contributed by atoms with Crippen LogP contribution in [-0.4, -0.2) is 40.6 Å². The van der Waals surface area contributed by atoms with Crippen LogP contribution in [0.1, 0.15) is 76.6 Å². The lowest BCUT2D eigenvalue weighted by Crippen LogP contribution is -2.37. The van der Waals surface area contributed by atoms with Gasteiger partial charge in [-0.2, -0.15) is 5.10 Å². The van der Waals surface area contributed by atoms with Crippen LogP contribution in [0, 0.1) is 30.6 Å². The fourth-order valence-electron chi connectivity index (χ4n) is 5.56. The van der Waals surface area contributed by atoms with Gasteiger partial charge in [-0.3, -0.25) is 4.79 Å². The Morgan fingerprint density at radius 3 is 2.38 bits per heavy atom. The predicted octanol–water partition coefficient (Wildman–Crippen LogP) is 6.19. The van der Waals surface area contributed by atoms with Gasteiger partial charge in [0.15, 0.2) is 0 Å². The van der Waals surface area contributed by atoms with Crippen molar-refractivity contribution in [1.29, 1.82) is 0 Å². The summed E-state index contributed by atoms with van der Waals surface area (Å²) in [7, 11) is 0. The second kappa shape index (κ2) is 9.77. The second-order valence-corrected chi connectivity index (χ2v) is 12.0. The van der Waals surface area contributed by atoms with Crippen LogP contribution in [0.3, 0.4) is 0 Å². The van der Waals surface area contributed by atoms with Crippen molar-refractivity contribution in [2.75, 3.05) is 25.0 Å². The Kier molecular flexibility index (Phi) is 7.14. The van der Waals surface area contributed by atoms with Gasteiger partial charge in [-0.15, -0.1) is 5.10 Å². The van der Waals surface area contributed by atoms with E-state index in [0.29, 0.717) is 10.8 Å². The molecular formula is C29H42N4O. The van der Waals surface area contributed by atoms with Gasteiger partial charge >= 0.3 is 0 Å². The topological polar surface area (TPSA) is 58.1 Å². The highest BCUT2D eigenvalue weighted by Gasteiger charge is 2.53. The van der Waals surface area contributed by atoms with E-state index in [9.17, 15) is 4.79 Å². The van der Waals surface area contributed by atoms with E-state index < -0.39 is 0 Å². The minimum Gasteiger partial charge on any atom is -0.326 e. The first kappa shape index (κ1) is 24.8. The average molecular weight is 463 g/mol. The van der Waals surface area contributed by atoms with Gasteiger partial charge in [0.1, 0.15) is 0 Å². The number of benzene rings is 1. The number of carbonyl (C=O) groups is 1. The van der Waals surface area contributed by atoms with E-state index in [1.54, 1.807) is 0 Å². The molecule has 1 aliphatic carbocycles. The fraction of sp³-hybridized carbons (Fsp3) is 0.621. The Hall–Kier alpha value is -2.27. The summed E-state index contributed by atoms with van der Waals surface area (Å²) in [5.41, 5.74) is 7.44. The molecule has 2 aliphatic rings. The summed E-state index contributed by atoms with van der Waals surface area (Å²) in [5, 5.41) is 12.1. The summed E-state index contributed by atoms with van der Waals surface area (Å²) in [5.74, 6) is 0.798. The number of rotatable bonds is 7. The van der Waals surface area contributed by atoms with Gasteiger partial charge in [-0.25, -0.2) is 0 Å². The third-order valence-electron chi connectivity index (χ3n) is 8.22. The lowest BCUT2D eigenvalue weighted by molar-refractivity contribution is -0.114.